The van der Waals surface area contributed by atoms with Gasteiger partial charge in [0.1, 0.15) is 0 Å². The van der Waals surface area contributed by atoms with Gasteiger partial charge in [-0.1, -0.05) is 30.3 Å². The molecule has 0 saturated carbocycles. The highest BCUT2D eigenvalue weighted by molar-refractivity contribution is 6.03. The summed E-state index contributed by atoms with van der Waals surface area (Å²) in [5, 5.41) is 0. The smallest absolute Gasteiger partial charge is 0.200 e. The van der Waals surface area contributed by atoms with Gasteiger partial charge in [0, 0.05) is 18.0 Å². The van der Waals surface area contributed by atoms with E-state index in [9.17, 15) is 13.6 Å². The van der Waals surface area contributed by atoms with Crippen LogP contribution in [0.25, 0.3) is 0 Å². The Bertz CT molecular complexity index is 924. The number of carbonyl (C=O) groups is 1. The van der Waals surface area contributed by atoms with Crippen molar-refractivity contribution >= 4 is 5.78 Å². The van der Waals surface area contributed by atoms with Crippen LogP contribution in [0.5, 0.6) is 11.5 Å². The van der Waals surface area contributed by atoms with E-state index >= 15 is 0 Å². The molecule has 1 saturated heterocycles. The molecule has 1 aliphatic carbocycles. The monoisotopic (exact) mass is 415 g/mol. The van der Waals surface area contributed by atoms with E-state index in [1.54, 1.807) is 0 Å². The average Bonchev–Trinajstić information content (AvgIpc) is 3.09. The zero-order valence-corrected chi connectivity index (χ0v) is 17.4. The topological polar surface area (TPSA) is 38.8 Å². The Morgan fingerprint density at radius 3 is 2.27 bits per heavy atom. The summed E-state index contributed by atoms with van der Waals surface area (Å²) in [7, 11) is 2.51. The molecule has 0 aromatic heterocycles. The maximum absolute atomic E-state index is 14.9. The fourth-order valence-corrected chi connectivity index (χ4v) is 4.86. The number of piperidine rings is 1. The van der Waals surface area contributed by atoms with Gasteiger partial charge in [-0.2, -0.15) is 0 Å². The number of nitrogens with zero attached hydrogens (tertiary/aromatic N) is 1. The molecule has 1 fully saturated rings. The number of ether oxygens (including phenoxy) is 2. The number of methoxy groups -OCH3 is 2. The molecule has 2 aliphatic rings. The van der Waals surface area contributed by atoms with Gasteiger partial charge in [0.05, 0.1) is 19.8 Å². The Morgan fingerprint density at radius 1 is 1.00 bits per heavy atom. The minimum atomic E-state index is -0.809. The van der Waals surface area contributed by atoms with Crippen molar-refractivity contribution in [2.75, 3.05) is 27.3 Å². The molecule has 0 bridgehead atoms. The number of hydrogen-bond acceptors (Lipinski definition) is 4. The molecule has 0 radical (unpaired) electrons. The third kappa shape index (κ3) is 3.81. The summed E-state index contributed by atoms with van der Waals surface area (Å²) in [6, 6.07) is 10.4. The van der Waals surface area contributed by atoms with E-state index in [1.807, 2.05) is 18.2 Å². The molecular weight excluding hydrogens is 388 g/mol. The third-order valence-electron chi connectivity index (χ3n) is 6.44. The average molecular weight is 415 g/mol. The van der Waals surface area contributed by atoms with Crippen LogP contribution in [0.15, 0.2) is 30.3 Å². The third-order valence-corrected chi connectivity index (χ3v) is 6.44. The van der Waals surface area contributed by atoms with Gasteiger partial charge in [0.15, 0.2) is 23.2 Å². The zero-order valence-electron chi connectivity index (χ0n) is 17.4. The zero-order chi connectivity index (χ0) is 21.3. The van der Waals surface area contributed by atoms with Crippen LogP contribution >= 0.6 is 0 Å². The van der Waals surface area contributed by atoms with Crippen molar-refractivity contribution in [3.8, 4) is 11.5 Å². The van der Waals surface area contributed by atoms with E-state index in [1.165, 1.54) is 19.8 Å². The summed E-state index contributed by atoms with van der Waals surface area (Å²) in [6.45, 7) is 2.87. The molecule has 1 atom stereocenters. The molecule has 2 aromatic rings. The SMILES string of the molecule is COc1c(F)c2c(c(F)c1OC)C(=O)C(CC1CCN(Cc3ccccc3)CC1)C2. The molecule has 1 aliphatic heterocycles. The fourth-order valence-electron chi connectivity index (χ4n) is 4.86. The summed E-state index contributed by atoms with van der Waals surface area (Å²) in [5.74, 6) is -2.40. The van der Waals surface area contributed by atoms with Crippen LogP contribution in [0.4, 0.5) is 8.78 Å². The Balaban J connectivity index is 1.41. The van der Waals surface area contributed by atoms with Crippen LogP contribution < -0.4 is 9.47 Å². The Hall–Kier alpha value is -2.47. The quantitative estimate of drug-likeness (QED) is 0.689. The van der Waals surface area contributed by atoms with Crippen LogP contribution in [0.2, 0.25) is 0 Å². The van der Waals surface area contributed by atoms with Crippen molar-refractivity contribution in [2.24, 2.45) is 11.8 Å². The molecule has 0 amide bonds. The number of carbonyl (C=O) groups excluding carboxylic acids is 1. The van der Waals surface area contributed by atoms with E-state index in [4.69, 9.17) is 9.47 Å². The standard InChI is InChI=1S/C24H27F2NO3/c1-29-23-20(25)18-13-17(22(28)19(18)21(26)24(23)30-2)12-15-8-10-27(11-9-15)14-16-6-4-3-5-7-16/h3-7,15,17H,8-14H2,1-2H3. The highest BCUT2D eigenvalue weighted by Crippen LogP contribution is 2.44. The lowest BCUT2D eigenvalue weighted by molar-refractivity contribution is 0.0892. The molecule has 2 aromatic carbocycles. The van der Waals surface area contributed by atoms with Crippen LogP contribution in [-0.4, -0.2) is 38.0 Å². The van der Waals surface area contributed by atoms with Crippen LogP contribution in [0.3, 0.4) is 0 Å². The van der Waals surface area contributed by atoms with E-state index in [0.717, 1.165) is 32.5 Å². The molecule has 6 heteroatoms. The molecule has 0 spiro atoms. The summed E-state index contributed by atoms with van der Waals surface area (Å²) in [5.41, 5.74) is 1.27. The number of likely N-dealkylation sites (tertiary alicyclic amines) is 1. The second-order valence-electron chi connectivity index (χ2n) is 8.25. The maximum Gasteiger partial charge on any atom is 0.200 e. The Kier molecular flexibility index (Phi) is 6.04. The molecular formula is C24H27F2NO3. The minimum Gasteiger partial charge on any atom is -0.490 e. The van der Waals surface area contributed by atoms with E-state index in [-0.39, 0.29) is 40.7 Å². The number of benzene rings is 2. The van der Waals surface area contributed by atoms with Crippen molar-refractivity contribution in [1.29, 1.82) is 0 Å². The fraction of sp³-hybridized carbons (Fsp3) is 0.458. The molecule has 30 heavy (non-hydrogen) atoms. The van der Waals surface area contributed by atoms with E-state index < -0.39 is 11.6 Å². The van der Waals surface area contributed by atoms with Crippen molar-refractivity contribution < 1.29 is 23.0 Å². The van der Waals surface area contributed by atoms with Gasteiger partial charge in [-0.15, -0.1) is 0 Å². The first-order valence-corrected chi connectivity index (χ1v) is 10.5. The Morgan fingerprint density at radius 2 is 1.63 bits per heavy atom. The number of halogens is 2. The van der Waals surface area contributed by atoms with Crippen molar-refractivity contribution in [3.05, 3.63) is 58.7 Å². The summed E-state index contributed by atoms with van der Waals surface area (Å²) < 4.78 is 39.7. The molecule has 0 N–H and O–H groups in total. The summed E-state index contributed by atoms with van der Waals surface area (Å²) in [4.78, 5) is 15.3. The van der Waals surface area contributed by atoms with Crippen molar-refractivity contribution in [2.45, 2.75) is 32.2 Å². The van der Waals surface area contributed by atoms with Gasteiger partial charge in [0.2, 0.25) is 5.75 Å². The summed E-state index contributed by atoms with van der Waals surface area (Å²) >= 11 is 0. The molecule has 1 unspecified atom stereocenters. The van der Waals surface area contributed by atoms with Gasteiger partial charge in [-0.05, 0) is 50.3 Å². The van der Waals surface area contributed by atoms with Crippen LogP contribution in [0.1, 0.15) is 40.7 Å². The normalized spacial score (nSPS) is 19.7. The lowest BCUT2D eigenvalue weighted by atomic mass is 9.85. The minimum absolute atomic E-state index is 0.127. The molecule has 160 valence electrons. The predicted molar refractivity (Wildman–Crippen MR) is 110 cm³/mol. The van der Waals surface area contributed by atoms with E-state index in [0.29, 0.717) is 12.3 Å². The first-order valence-electron chi connectivity index (χ1n) is 10.5. The lowest BCUT2D eigenvalue weighted by Gasteiger charge is -2.32. The van der Waals surface area contributed by atoms with Crippen molar-refractivity contribution in [1.82, 2.24) is 4.90 Å². The number of hydrogen-bond donors (Lipinski definition) is 0. The first kappa shape index (κ1) is 20.8. The van der Waals surface area contributed by atoms with Gasteiger partial charge in [-0.25, -0.2) is 8.78 Å². The number of ketones is 1. The highest BCUT2D eigenvalue weighted by Gasteiger charge is 2.40. The van der Waals surface area contributed by atoms with Crippen LogP contribution in [0, 0.1) is 23.5 Å². The van der Waals surface area contributed by atoms with Gasteiger partial charge in [0.25, 0.3) is 0 Å². The maximum atomic E-state index is 14.9. The number of rotatable bonds is 6. The van der Waals surface area contributed by atoms with Gasteiger partial charge in [-0.3, -0.25) is 9.69 Å². The molecule has 4 nitrogen and oxygen atoms in total. The summed E-state index contributed by atoms with van der Waals surface area (Å²) in [6.07, 6.45) is 2.87. The van der Waals surface area contributed by atoms with Crippen LogP contribution in [-0.2, 0) is 13.0 Å². The highest BCUT2D eigenvalue weighted by atomic mass is 19.1. The first-order chi connectivity index (χ1) is 14.5. The second kappa shape index (κ2) is 8.72. The van der Waals surface area contributed by atoms with Gasteiger partial charge < -0.3 is 9.47 Å². The molecule has 1 heterocycles. The molecule has 4 rings (SSSR count). The van der Waals surface area contributed by atoms with Crippen molar-refractivity contribution in [3.63, 3.8) is 0 Å². The largest absolute Gasteiger partial charge is 0.490 e. The predicted octanol–water partition coefficient (Wildman–Crippen LogP) is 4.64. The Labute approximate surface area is 175 Å². The number of fused-ring (bicyclic) bond motifs is 1. The van der Waals surface area contributed by atoms with E-state index in [2.05, 4.69) is 17.0 Å². The lowest BCUT2D eigenvalue weighted by Crippen LogP contribution is -2.34. The van der Waals surface area contributed by atoms with Gasteiger partial charge >= 0.3 is 0 Å². The second-order valence-corrected chi connectivity index (χ2v) is 8.25. The number of Topliss-reactive ketones (excluding diaryl/α,β-unsaturated/α-hetero) is 1.